The van der Waals surface area contributed by atoms with E-state index < -0.39 is 0 Å². The number of amides is 1. The van der Waals surface area contributed by atoms with Crippen LogP contribution in [0.15, 0.2) is 12.3 Å². The van der Waals surface area contributed by atoms with E-state index in [-0.39, 0.29) is 0 Å². The molecule has 1 aliphatic heterocycles. The highest BCUT2D eigenvalue weighted by molar-refractivity contribution is 5.76. The predicted octanol–water partition coefficient (Wildman–Crippen LogP) is 1.75. The summed E-state index contributed by atoms with van der Waals surface area (Å²) in [4.78, 5) is 24.3. The molecule has 2 rings (SSSR count). The van der Waals surface area contributed by atoms with Gasteiger partial charge >= 0.3 is 0 Å². The number of nitrogens with zero attached hydrogens (tertiary/aromatic N) is 4. The van der Waals surface area contributed by atoms with Crippen LogP contribution in [0, 0.1) is 0 Å². The first kappa shape index (κ1) is 15.5. The van der Waals surface area contributed by atoms with Crippen LogP contribution in [-0.4, -0.2) is 54.5 Å². The molecular formula is C15H25N5O. The van der Waals surface area contributed by atoms with Gasteiger partial charge in [0.05, 0.1) is 0 Å². The fourth-order valence-electron chi connectivity index (χ4n) is 2.42. The summed E-state index contributed by atoms with van der Waals surface area (Å²) in [5.41, 5.74) is 0. The van der Waals surface area contributed by atoms with Crippen molar-refractivity contribution in [1.82, 2.24) is 14.9 Å². The molecule has 0 aliphatic carbocycles. The lowest BCUT2D eigenvalue weighted by Gasteiger charge is -2.20. The molecule has 0 bridgehead atoms. The van der Waals surface area contributed by atoms with Gasteiger partial charge in [0.15, 0.2) is 0 Å². The SMILES string of the molecule is CN(C)c1nccc(NCCCN2CCCCCC2=O)n1. The van der Waals surface area contributed by atoms with E-state index in [1.165, 1.54) is 6.42 Å². The normalized spacial score (nSPS) is 15.7. The van der Waals surface area contributed by atoms with E-state index in [1.807, 2.05) is 30.0 Å². The van der Waals surface area contributed by atoms with Crippen molar-refractivity contribution < 1.29 is 4.79 Å². The highest BCUT2D eigenvalue weighted by Crippen LogP contribution is 2.12. The van der Waals surface area contributed by atoms with Gasteiger partial charge in [-0.1, -0.05) is 6.42 Å². The second-order valence-corrected chi connectivity index (χ2v) is 5.61. The Balaban J connectivity index is 1.74. The van der Waals surface area contributed by atoms with Gasteiger partial charge in [-0.2, -0.15) is 4.98 Å². The number of likely N-dealkylation sites (tertiary alicyclic amines) is 1. The molecular weight excluding hydrogens is 266 g/mol. The van der Waals surface area contributed by atoms with Crippen molar-refractivity contribution in [3.8, 4) is 0 Å². The Morgan fingerprint density at radius 3 is 3.00 bits per heavy atom. The molecule has 0 aromatic carbocycles. The van der Waals surface area contributed by atoms with Crippen LogP contribution in [0.4, 0.5) is 11.8 Å². The maximum atomic E-state index is 11.9. The average Bonchev–Trinajstić information content (AvgIpc) is 2.69. The topological polar surface area (TPSA) is 61.4 Å². The van der Waals surface area contributed by atoms with E-state index in [0.717, 1.165) is 44.7 Å². The van der Waals surface area contributed by atoms with Crippen LogP contribution >= 0.6 is 0 Å². The van der Waals surface area contributed by atoms with Crippen molar-refractivity contribution in [2.75, 3.05) is 43.9 Å². The number of hydrogen-bond donors (Lipinski definition) is 1. The van der Waals surface area contributed by atoms with Gasteiger partial charge in [-0.05, 0) is 25.3 Å². The number of aromatic nitrogens is 2. The van der Waals surface area contributed by atoms with Crippen LogP contribution in [0.2, 0.25) is 0 Å². The van der Waals surface area contributed by atoms with E-state index in [9.17, 15) is 4.79 Å². The molecule has 1 fully saturated rings. The quantitative estimate of drug-likeness (QED) is 0.809. The van der Waals surface area contributed by atoms with Crippen molar-refractivity contribution in [2.24, 2.45) is 0 Å². The molecule has 1 N–H and O–H groups in total. The van der Waals surface area contributed by atoms with Gasteiger partial charge in [0.1, 0.15) is 5.82 Å². The summed E-state index contributed by atoms with van der Waals surface area (Å²) < 4.78 is 0. The smallest absolute Gasteiger partial charge is 0.226 e. The van der Waals surface area contributed by atoms with E-state index in [2.05, 4.69) is 15.3 Å². The van der Waals surface area contributed by atoms with Gasteiger partial charge in [0.2, 0.25) is 11.9 Å². The molecule has 0 atom stereocenters. The Bertz CT molecular complexity index is 463. The molecule has 1 amide bonds. The van der Waals surface area contributed by atoms with Crippen molar-refractivity contribution in [2.45, 2.75) is 32.1 Å². The van der Waals surface area contributed by atoms with Gasteiger partial charge < -0.3 is 15.1 Å². The first-order valence-electron chi connectivity index (χ1n) is 7.69. The Morgan fingerprint density at radius 2 is 2.19 bits per heavy atom. The highest BCUT2D eigenvalue weighted by atomic mass is 16.2. The summed E-state index contributed by atoms with van der Waals surface area (Å²) in [6.45, 7) is 2.56. The molecule has 1 aromatic rings. The summed E-state index contributed by atoms with van der Waals surface area (Å²) in [7, 11) is 3.84. The molecule has 0 saturated carbocycles. The third-order valence-corrected chi connectivity index (χ3v) is 3.63. The zero-order valence-corrected chi connectivity index (χ0v) is 13.0. The third kappa shape index (κ3) is 4.88. The lowest BCUT2D eigenvalue weighted by atomic mass is 10.2. The Labute approximate surface area is 126 Å². The summed E-state index contributed by atoms with van der Waals surface area (Å²) >= 11 is 0. The number of anilines is 2. The number of hydrogen-bond acceptors (Lipinski definition) is 5. The lowest BCUT2D eigenvalue weighted by Crippen LogP contribution is -2.32. The van der Waals surface area contributed by atoms with Crippen molar-refractivity contribution in [3.63, 3.8) is 0 Å². The standard InChI is InChI=1S/C15H25N5O/c1-19(2)15-17-10-8-13(18-15)16-9-6-12-20-11-5-3-4-7-14(20)21/h8,10H,3-7,9,11-12H2,1-2H3,(H,16,17,18). The first-order chi connectivity index (χ1) is 10.2. The molecule has 1 aliphatic rings. The minimum Gasteiger partial charge on any atom is -0.370 e. The van der Waals surface area contributed by atoms with Crippen molar-refractivity contribution in [1.29, 1.82) is 0 Å². The minimum atomic E-state index is 0.310. The molecule has 0 unspecified atom stereocenters. The summed E-state index contributed by atoms with van der Waals surface area (Å²) in [5.74, 6) is 1.84. The molecule has 2 heterocycles. The molecule has 1 saturated heterocycles. The molecule has 116 valence electrons. The molecule has 6 nitrogen and oxygen atoms in total. The Hall–Kier alpha value is -1.85. The van der Waals surface area contributed by atoms with Crippen LogP contribution in [0.25, 0.3) is 0 Å². The first-order valence-corrected chi connectivity index (χ1v) is 7.69. The van der Waals surface area contributed by atoms with Crippen LogP contribution in [0.5, 0.6) is 0 Å². The molecule has 0 spiro atoms. The van der Waals surface area contributed by atoms with E-state index in [0.29, 0.717) is 18.3 Å². The number of carbonyl (C=O) groups excluding carboxylic acids is 1. The van der Waals surface area contributed by atoms with Crippen LogP contribution < -0.4 is 10.2 Å². The zero-order chi connectivity index (χ0) is 15.1. The average molecular weight is 291 g/mol. The van der Waals surface area contributed by atoms with Gasteiger partial charge in [0.25, 0.3) is 0 Å². The van der Waals surface area contributed by atoms with Gasteiger partial charge in [0, 0.05) is 46.3 Å². The third-order valence-electron chi connectivity index (χ3n) is 3.63. The van der Waals surface area contributed by atoms with Gasteiger partial charge in [-0.25, -0.2) is 4.98 Å². The Morgan fingerprint density at radius 1 is 1.33 bits per heavy atom. The van der Waals surface area contributed by atoms with Crippen molar-refractivity contribution in [3.05, 3.63) is 12.3 Å². The van der Waals surface area contributed by atoms with Gasteiger partial charge in [-0.3, -0.25) is 4.79 Å². The highest BCUT2D eigenvalue weighted by Gasteiger charge is 2.15. The van der Waals surface area contributed by atoms with Crippen LogP contribution in [-0.2, 0) is 4.79 Å². The summed E-state index contributed by atoms with van der Waals surface area (Å²) in [6, 6.07) is 1.87. The fraction of sp³-hybridized carbons (Fsp3) is 0.667. The largest absolute Gasteiger partial charge is 0.370 e. The number of rotatable bonds is 6. The zero-order valence-electron chi connectivity index (χ0n) is 13.0. The van der Waals surface area contributed by atoms with Gasteiger partial charge in [-0.15, -0.1) is 0 Å². The maximum Gasteiger partial charge on any atom is 0.226 e. The molecule has 6 heteroatoms. The molecule has 0 radical (unpaired) electrons. The van der Waals surface area contributed by atoms with E-state index in [1.54, 1.807) is 6.20 Å². The fourth-order valence-corrected chi connectivity index (χ4v) is 2.42. The number of carbonyl (C=O) groups is 1. The van der Waals surface area contributed by atoms with E-state index >= 15 is 0 Å². The lowest BCUT2D eigenvalue weighted by molar-refractivity contribution is -0.130. The van der Waals surface area contributed by atoms with E-state index in [4.69, 9.17) is 0 Å². The summed E-state index contributed by atoms with van der Waals surface area (Å²) in [5, 5.41) is 3.29. The van der Waals surface area contributed by atoms with Crippen molar-refractivity contribution >= 4 is 17.7 Å². The Kier molecular flexibility index (Phi) is 5.78. The van der Waals surface area contributed by atoms with Crippen LogP contribution in [0.1, 0.15) is 32.1 Å². The minimum absolute atomic E-state index is 0.310. The maximum absolute atomic E-state index is 11.9. The number of nitrogens with one attached hydrogen (secondary N) is 1. The van der Waals surface area contributed by atoms with Crippen LogP contribution in [0.3, 0.4) is 0 Å². The second kappa shape index (κ2) is 7.81. The second-order valence-electron chi connectivity index (χ2n) is 5.61. The monoisotopic (exact) mass is 291 g/mol. The predicted molar refractivity (Wildman–Crippen MR) is 84.5 cm³/mol. The molecule has 1 aromatic heterocycles. The summed E-state index contributed by atoms with van der Waals surface area (Å²) in [6.07, 6.45) is 6.76. The molecule has 21 heavy (non-hydrogen) atoms.